The average Bonchev–Trinajstić information content (AvgIpc) is 1.99. The highest BCUT2D eigenvalue weighted by molar-refractivity contribution is 6.10. The van der Waals surface area contributed by atoms with Crippen molar-refractivity contribution in [2.45, 2.75) is 38.8 Å². The van der Waals surface area contributed by atoms with Crippen LogP contribution in [-0.4, -0.2) is 31.7 Å². The highest BCUT2D eigenvalue weighted by atomic mass is 16.5. The monoisotopic (exact) mass is 144 g/mol. The topological polar surface area (TPSA) is 29.5 Å². The number of hydrogen-bond donors (Lipinski definition) is 1. The van der Waals surface area contributed by atoms with Crippen molar-refractivity contribution in [3.63, 3.8) is 0 Å². The van der Waals surface area contributed by atoms with Gasteiger partial charge in [-0.3, -0.25) is 0 Å². The number of aliphatic hydroxyl groups is 1. The lowest BCUT2D eigenvalue weighted by Gasteiger charge is -2.18. The van der Waals surface area contributed by atoms with Crippen molar-refractivity contribution < 1.29 is 9.84 Å². The Bertz CT molecular complexity index is 74.0. The lowest BCUT2D eigenvalue weighted by molar-refractivity contribution is -0.00753. The molecule has 0 amide bonds. The molecule has 2 unspecified atom stereocenters. The number of hydrogen-bond acceptors (Lipinski definition) is 2. The summed E-state index contributed by atoms with van der Waals surface area (Å²) in [6.07, 6.45) is 1.94. The lowest BCUT2D eigenvalue weighted by atomic mass is 9.97. The highest BCUT2D eigenvalue weighted by Crippen LogP contribution is 2.01. The van der Waals surface area contributed by atoms with Crippen LogP contribution in [0.4, 0.5) is 0 Å². The summed E-state index contributed by atoms with van der Waals surface area (Å²) < 4.78 is 5.45. The third kappa shape index (κ3) is 3.91. The van der Waals surface area contributed by atoms with Crippen LogP contribution in [0.25, 0.3) is 0 Å². The van der Waals surface area contributed by atoms with E-state index in [4.69, 9.17) is 9.84 Å². The van der Waals surface area contributed by atoms with Gasteiger partial charge in [0.15, 0.2) is 0 Å². The van der Waals surface area contributed by atoms with Crippen molar-refractivity contribution in [3.05, 3.63) is 0 Å². The summed E-state index contributed by atoms with van der Waals surface area (Å²) >= 11 is 0. The maximum absolute atomic E-state index is 8.75. The molecular weight excluding hydrogens is 127 g/mol. The molecule has 0 spiro atoms. The van der Waals surface area contributed by atoms with E-state index in [1.54, 1.807) is 0 Å². The second-order valence-electron chi connectivity index (χ2n) is 2.57. The summed E-state index contributed by atoms with van der Waals surface area (Å²) in [6, 6.07) is 0.275. The largest absolute Gasteiger partial charge is 0.394 e. The van der Waals surface area contributed by atoms with Gasteiger partial charge in [-0.15, -0.1) is 0 Å². The first-order valence-electron chi connectivity index (χ1n) is 4.00. The Balaban J connectivity index is 3.41. The summed E-state index contributed by atoms with van der Waals surface area (Å²) in [5.74, 6) is 0. The number of ether oxygens (including phenoxy) is 1. The van der Waals surface area contributed by atoms with Gasteiger partial charge >= 0.3 is 0 Å². The van der Waals surface area contributed by atoms with Crippen molar-refractivity contribution in [1.29, 1.82) is 0 Å². The van der Waals surface area contributed by atoms with Crippen LogP contribution in [0.15, 0.2) is 0 Å². The van der Waals surface area contributed by atoms with Crippen LogP contribution in [0.5, 0.6) is 0 Å². The molecule has 0 fully saturated rings. The molecule has 60 valence electrons. The molecule has 0 aliphatic rings. The van der Waals surface area contributed by atoms with Gasteiger partial charge in [-0.2, -0.15) is 0 Å². The Morgan fingerprint density at radius 2 is 2.00 bits per heavy atom. The summed E-state index contributed by atoms with van der Waals surface area (Å²) in [6.45, 7) is 4.23. The van der Waals surface area contributed by atoms with Gasteiger partial charge in [0.2, 0.25) is 0 Å². The standard InChI is InChI=1S/C7H17BO2/c1-3-6(5-9)10-7(8)4-2/h6-7,9H,3-5,8H2,1-2H3. The highest BCUT2D eigenvalue weighted by Gasteiger charge is 2.07. The summed E-state index contributed by atoms with van der Waals surface area (Å²) in [4.78, 5) is 0. The molecule has 0 heterocycles. The fourth-order valence-electron chi connectivity index (χ4n) is 0.693. The molecule has 2 atom stereocenters. The van der Waals surface area contributed by atoms with E-state index in [1.807, 2.05) is 14.8 Å². The minimum Gasteiger partial charge on any atom is -0.394 e. The van der Waals surface area contributed by atoms with E-state index < -0.39 is 0 Å². The SMILES string of the molecule is BC(CC)OC(CC)CO. The maximum Gasteiger partial charge on any atom is 0.139 e. The Labute approximate surface area is 64.0 Å². The van der Waals surface area contributed by atoms with Crippen molar-refractivity contribution in [2.75, 3.05) is 6.61 Å². The molecule has 0 aromatic rings. The maximum atomic E-state index is 8.75. The predicted octanol–water partition coefficient (Wildman–Crippen LogP) is 0.143. The van der Waals surface area contributed by atoms with Crippen LogP contribution in [0.3, 0.4) is 0 Å². The fourth-order valence-corrected chi connectivity index (χ4v) is 0.693. The van der Waals surface area contributed by atoms with Crippen molar-refractivity contribution in [1.82, 2.24) is 0 Å². The molecule has 0 aliphatic heterocycles. The molecule has 2 nitrogen and oxygen atoms in total. The molecule has 1 N–H and O–H groups in total. The van der Waals surface area contributed by atoms with Gasteiger partial charge < -0.3 is 9.84 Å². The van der Waals surface area contributed by atoms with Crippen LogP contribution < -0.4 is 0 Å². The zero-order chi connectivity index (χ0) is 7.98. The molecule has 0 aromatic heterocycles. The predicted molar refractivity (Wildman–Crippen MR) is 44.9 cm³/mol. The van der Waals surface area contributed by atoms with E-state index in [9.17, 15) is 0 Å². The Hall–Kier alpha value is -0.0151. The van der Waals surface area contributed by atoms with E-state index >= 15 is 0 Å². The molecule has 3 heteroatoms. The van der Waals surface area contributed by atoms with E-state index in [-0.39, 0.29) is 18.7 Å². The molecule has 0 saturated carbocycles. The minimum absolute atomic E-state index is 0.0370. The molecule has 10 heavy (non-hydrogen) atoms. The van der Waals surface area contributed by atoms with E-state index in [0.29, 0.717) is 0 Å². The second-order valence-corrected chi connectivity index (χ2v) is 2.57. The quantitative estimate of drug-likeness (QED) is 0.556. The molecule has 0 bridgehead atoms. The van der Waals surface area contributed by atoms with Gasteiger partial charge in [-0.25, -0.2) is 0 Å². The number of rotatable bonds is 5. The van der Waals surface area contributed by atoms with Gasteiger partial charge in [-0.1, -0.05) is 13.8 Å². The molecule has 0 radical (unpaired) electrons. The van der Waals surface area contributed by atoms with Gasteiger partial charge in [0.1, 0.15) is 7.85 Å². The van der Waals surface area contributed by atoms with E-state index in [1.165, 1.54) is 0 Å². The van der Waals surface area contributed by atoms with E-state index in [2.05, 4.69) is 6.92 Å². The fraction of sp³-hybridized carbons (Fsp3) is 1.00. The first-order valence-corrected chi connectivity index (χ1v) is 4.00. The molecule has 0 saturated heterocycles. The van der Waals surface area contributed by atoms with Crippen molar-refractivity contribution in [2.24, 2.45) is 0 Å². The van der Waals surface area contributed by atoms with Gasteiger partial charge in [0.25, 0.3) is 0 Å². The van der Waals surface area contributed by atoms with Gasteiger partial charge in [0.05, 0.1) is 12.7 Å². The minimum atomic E-state index is 0.0370. The zero-order valence-corrected chi connectivity index (χ0v) is 7.13. The van der Waals surface area contributed by atoms with Crippen LogP contribution in [0.1, 0.15) is 26.7 Å². The third-order valence-electron chi connectivity index (χ3n) is 1.66. The smallest absolute Gasteiger partial charge is 0.139 e. The summed E-state index contributed by atoms with van der Waals surface area (Å²) in [5.41, 5.74) is 0. The van der Waals surface area contributed by atoms with Crippen LogP contribution in [-0.2, 0) is 4.74 Å². The summed E-state index contributed by atoms with van der Waals surface area (Å²) in [5, 5.41) is 8.75. The first-order chi connectivity index (χ1) is 4.74. The summed E-state index contributed by atoms with van der Waals surface area (Å²) in [7, 11) is 2.03. The number of aliphatic hydroxyl groups excluding tert-OH is 1. The lowest BCUT2D eigenvalue weighted by Crippen LogP contribution is -2.24. The first kappa shape index (κ1) is 9.98. The molecular formula is C7H17BO2. The van der Waals surface area contributed by atoms with Crippen molar-refractivity contribution >= 4 is 7.85 Å². The third-order valence-corrected chi connectivity index (χ3v) is 1.66. The van der Waals surface area contributed by atoms with Crippen LogP contribution in [0, 0.1) is 0 Å². The van der Waals surface area contributed by atoms with Crippen LogP contribution in [0.2, 0.25) is 0 Å². The van der Waals surface area contributed by atoms with Crippen molar-refractivity contribution in [3.8, 4) is 0 Å². The average molecular weight is 144 g/mol. The molecule has 0 rings (SSSR count). The second kappa shape index (κ2) is 5.75. The van der Waals surface area contributed by atoms with E-state index in [0.717, 1.165) is 12.8 Å². The normalized spacial score (nSPS) is 16.7. The Morgan fingerprint density at radius 3 is 2.30 bits per heavy atom. The molecule has 0 aliphatic carbocycles. The van der Waals surface area contributed by atoms with Gasteiger partial charge in [-0.05, 0) is 12.8 Å². The Kier molecular flexibility index (Phi) is 5.74. The Morgan fingerprint density at radius 1 is 1.40 bits per heavy atom. The zero-order valence-electron chi connectivity index (χ0n) is 7.13. The van der Waals surface area contributed by atoms with Crippen LogP contribution >= 0.6 is 0 Å². The van der Waals surface area contributed by atoms with Gasteiger partial charge in [0, 0.05) is 6.00 Å². The molecule has 0 aromatic carbocycles.